The van der Waals surface area contributed by atoms with Gasteiger partial charge >= 0.3 is 12.1 Å². The second-order valence-corrected chi connectivity index (χ2v) is 9.19. The molecule has 1 aromatic carbocycles. The first-order valence-electron chi connectivity index (χ1n) is 11.1. The first-order valence-corrected chi connectivity index (χ1v) is 11.1. The standard InChI is InChI=1S/C25H31N3O5/c1-16-6-11-21(17(2)26-16)22(29)27-19-9-7-18(8-10-19)23(30)32-20-12-14-28(15-13-20)24(31)33-25(3,4)5/h6-11,20H,12-15H2,1-5H3,(H,27,29). The Labute approximate surface area is 194 Å². The van der Waals surface area contributed by atoms with Gasteiger partial charge < -0.3 is 19.7 Å². The maximum Gasteiger partial charge on any atom is 0.410 e. The molecule has 176 valence electrons. The van der Waals surface area contributed by atoms with E-state index in [0.717, 1.165) is 5.69 Å². The van der Waals surface area contributed by atoms with Gasteiger partial charge in [-0.15, -0.1) is 0 Å². The SMILES string of the molecule is Cc1ccc(C(=O)Nc2ccc(C(=O)OC3CCN(C(=O)OC(C)(C)C)CC3)cc2)c(C)n1. The number of aryl methyl sites for hydroxylation is 2. The lowest BCUT2D eigenvalue weighted by Crippen LogP contribution is -2.43. The first-order chi connectivity index (χ1) is 15.5. The molecular weight excluding hydrogens is 422 g/mol. The number of likely N-dealkylation sites (tertiary alicyclic amines) is 1. The number of carbonyl (C=O) groups is 3. The zero-order valence-electron chi connectivity index (χ0n) is 19.8. The quantitative estimate of drug-likeness (QED) is 0.684. The van der Waals surface area contributed by atoms with Crippen molar-refractivity contribution in [3.63, 3.8) is 0 Å². The summed E-state index contributed by atoms with van der Waals surface area (Å²) in [7, 11) is 0. The van der Waals surface area contributed by atoms with Gasteiger partial charge in [0.05, 0.1) is 16.8 Å². The molecule has 2 aromatic rings. The monoisotopic (exact) mass is 453 g/mol. The molecule has 1 aromatic heterocycles. The Morgan fingerprint density at radius 2 is 1.64 bits per heavy atom. The predicted octanol–water partition coefficient (Wildman–Crippen LogP) is 4.51. The van der Waals surface area contributed by atoms with Gasteiger partial charge in [-0.05, 0) is 71.0 Å². The van der Waals surface area contributed by atoms with Crippen LogP contribution in [0.5, 0.6) is 0 Å². The number of pyridine rings is 1. The summed E-state index contributed by atoms with van der Waals surface area (Å²) in [4.78, 5) is 43.1. The Morgan fingerprint density at radius 1 is 1.00 bits per heavy atom. The van der Waals surface area contributed by atoms with Gasteiger partial charge in [0.1, 0.15) is 11.7 Å². The van der Waals surface area contributed by atoms with Crippen LogP contribution in [0.2, 0.25) is 0 Å². The number of hydrogen-bond acceptors (Lipinski definition) is 6. The molecule has 1 saturated heterocycles. The molecule has 0 saturated carbocycles. The Balaban J connectivity index is 1.50. The molecule has 0 spiro atoms. The second-order valence-electron chi connectivity index (χ2n) is 9.19. The van der Waals surface area contributed by atoms with Crippen molar-refractivity contribution in [2.24, 2.45) is 0 Å². The Bertz CT molecular complexity index is 1020. The molecule has 0 unspecified atom stereocenters. The largest absolute Gasteiger partial charge is 0.459 e. The smallest absolute Gasteiger partial charge is 0.410 e. The fourth-order valence-electron chi connectivity index (χ4n) is 3.52. The highest BCUT2D eigenvalue weighted by atomic mass is 16.6. The molecule has 8 nitrogen and oxygen atoms in total. The highest BCUT2D eigenvalue weighted by Crippen LogP contribution is 2.20. The van der Waals surface area contributed by atoms with E-state index in [1.165, 1.54) is 0 Å². The molecule has 33 heavy (non-hydrogen) atoms. The normalized spacial score (nSPS) is 14.5. The van der Waals surface area contributed by atoms with Gasteiger partial charge in [-0.1, -0.05) is 0 Å². The Hall–Kier alpha value is -3.42. The molecule has 2 heterocycles. The summed E-state index contributed by atoms with van der Waals surface area (Å²) < 4.78 is 11.0. The third-order valence-electron chi connectivity index (χ3n) is 5.22. The number of amides is 2. The number of anilines is 1. The average molecular weight is 454 g/mol. The molecule has 2 amide bonds. The lowest BCUT2D eigenvalue weighted by molar-refractivity contribution is -0.00341. The van der Waals surface area contributed by atoms with Crippen LogP contribution in [0.25, 0.3) is 0 Å². The minimum atomic E-state index is -0.540. The van der Waals surface area contributed by atoms with Gasteiger partial charge in [-0.2, -0.15) is 0 Å². The van der Waals surface area contributed by atoms with Crippen molar-refractivity contribution in [3.05, 3.63) is 58.9 Å². The summed E-state index contributed by atoms with van der Waals surface area (Å²) in [6.07, 6.45) is 0.515. The van der Waals surface area contributed by atoms with Crippen molar-refractivity contribution in [2.75, 3.05) is 18.4 Å². The summed E-state index contributed by atoms with van der Waals surface area (Å²) in [6.45, 7) is 10.1. The number of nitrogens with zero attached hydrogens (tertiary/aromatic N) is 2. The van der Waals surface area contributed by atoms with Gasteiger partial charge in [0.25, 0.3) is 5.91 Å². The van der Waals surface area contributed by atoms with Gasteiger partial charge in [0.15, 0.2) is 0 Å². The number of esters is 1. The third-order valence-corrected chi connectivity index (χ3v) is 5.22. The van der Waals surface area contributed by atoms with Crippen LogP contribution in [-0.4, -0.2) is 52.6 Å². The van der Waals surface area contributed by atoms with Crippen molar-refractivity contribution in [1.82, 2.24) is 9.88 Å². The summed E-state index contributed by atoms with van der Waals surface area (Å²) in [6, 6.07) is 10.1. The van der Waals surface area contributed by atoms with Crippen LogP contribution in [0.15, 0.2) is 36.4 Å². The fraction of sp³-hybridized carbons (Fsp3) is 0.440. The molecule has 1 N–H and O–H groups in total. The summed E-state index contributed by atoms with van der Waals surface area (Å²) in [5.41, 5.74) is 2.44. The van der Waals surface area contributed by atoms with Crippen molar-refractivity contribution < 1.29 is 23.9 Å². The number of hydrogen-bond donors (Lipinski definition) is 1. The molecule has 0 aliphatic carbocycles. The van der Waals surface area contributed by atoms with Crippen molar-refractivity contribution in [2.45, 2.75) is 59.2 Å². The summed E-state index contributed by atoms with van der Waals surface area (Å²) >= 11 is 0. The van der Waals surface area contributed by atoms with Crippen LogP contribution >= 0.6 is 0 Å². The predicted molar refractivity (Wildman–Crippen MR) is 124 cm³/mol. The number of carbonyl (C=O) groups excluding carboxylic acids is 3. The van der Waals surface area contributed by atoms with Crippen LogP contribution in [-0.2, 0) is 9.47 Å². The van der Waals surface area contributed by atoms with Crippen LogP contribution in [0.3, 0.4) is 0 Å². The van der Waals surface area contributed by atoms with E-state index >= 15 is 0 Å². The summed E-state index contributed by atoms with van der Waals surface area (Å²) in [5.74, 6) is -0.686. The van der Waals surface area contributed by atoms with Crippen LogP contribution in [0.1, 0.15) is 65.7 Å². The Morgan fingerprint density at radius 3 is 2.21 bits per heavy atom. The van der Waals surface area contributed by atoms with Gasteiger partial charge in [-0.25, -0.2) is 9.59 Å². The molecule has 1 aliphatic heterocycles. The molecule has 3 rings (SSSR count). The van der Waals surface area contributed by atoms with Gasteiger partial charge in [-0.3, -0.25) is 9.78 Å². The molecule has 0 radical (unpaired) electrons. The minimum absolute atomic E-state index is 0.257. The van der Waals surface area contributed by atoms with E-state index in [0.29, 0.717) is 48.4 Å². The van der Waals surface area contributed by atoms with Crippen molar-refractivity contribution in [3.8, 4) is 0 Å². The zero-order valence-corrected chi connectivity index (χ0v) is 19.8. The molecule has 0 bridgehead atoms. The minimum Gasteiger partial charge on any atom is -0.459 e. The second kappa shape index (κ2) is 10.0. The molecule has 1 aliphatic rings. The molecule has 0 atom stereocenters. The van der Waals surface area contributed by atoms with E-state index in [-0.39, 0.29) is 18.1 Å². The lowest BCUT2D eigenvalue weighted by Gasteiger charge is -2.33. The lowest BCUT2D eigenvalue weighted by atomic mass is 10.1. The van der Waals surface area contributed by atoms with Gasteiger partial charge in [0, 0.05) is 37.3 Å². The highest BCUT2D eigenvalue weighted by Gasteiger charge is 2.28. The van der Waals surface area contributed by atoms with Crippen LogP contribution < -0.4 is 5.32 Å². The van der Waals surface area contributed by atoms with E-state index in [4.69, 9.17) is 9.47 Å². The third kappa shape index (κ3) is 6.78. The van der Waals surface area contributed by atoms with Crippen molar-refractivity contribution in [1.29, 1.82) is 0 Å². The maximum atomic E-state index is 12.5. The number of aromatic nitrogens is 1. The van der Waals surface area contributed by atoms with E-state index < -0.39 is 11.6 Å². The van der Waals surface area contributed by atoms with E-state index in [9.17, 15) is 14.4 Å². The van der Waals surface area contributed by atoms with Crippen LogP contribution in [0, 0.1) is 13.8 Å². The number of nitrogens with one attached hydrogen (secondary N) is 1. The molecular formula is C25H31N3O5. The maximum absolute atomic E-state index is 12.5. The number of piperidine rings is 1. The molecule has 1 fully saturated rings. The van der Waals surface area contributed by atoms with E-state index in [1.807, 2.05) is 27.7 Å². The number of ether oxygens (including phenoxy) is 2. The number of benzene rings is 1. The van der Waals surface area contributed by atoms with Gasteiger partial charge in [0.2, 0.25) is 0 Å². The highest BCUT2D eigenvalue weighted by molar-refractivity contribution is 6.05. The zero-order chi connectivity index (χ0) is 24.2. The van der Waals surface area contributed by atoms with Crippen LogP contribution in [0.4, 0.5) is 10.5 Å². The Kier molecular flexibility index (Phi) is 7.36. The van der Waals surface area contributed by atoms with Crippen molar-refractivity contribution >= 4 is 23.7 Å². The average Bonchev–Trinajstić information content (AvgIpc) is 2.73. The van der Waals surface area contributed by atoms with E-state index in [1.54, 1.807) is 48.2 Å². The number of rotatable bonds is 4. The summed E-state index contributed by atoms with van der Waals surface area (Å²) in [5, 5.41) is 2.82. The fourth-order valence-corrected chi connectivity index (χ4v) is 3.52. The van der Waals surface area contributed by atoms with E-state index in [2.05, 4.69) is 10.3 Å². The topological polar surface area (TPSA) is 97.8 Å². The molecule has 8 heteroatoms. The first kappa shape index (κ1) is 24.2.